The van der Waals surface area contributed by atoms with Crippen LogP contribution in [-0.4, -0.2) is 18.9 Å². The van der Waals surface area contributed by atoms with Crippen LogP contribution in [0.4, 0.5) is 0 Å². The molecule has 15 heavy (non-hydrogen) atoms. The molecule has 1 aliphatic carbocycles. The zero-order chi connectivity index (χ0) is 10.5. The summed E-state index contributed by atoms with van der Waals surface area (Å²) in [4.78, 5) is 12.1. The Morgan fingerprint density at radius 1 is 1.07 bits per heavy atom. The quantitative estimate of drug-likeness (QED) is 0.724. The van der Waals surface area contributed by atoms with Gasteiger partial charge in [-0.3, -0.25) is 4.79 Å². The first kappa shape index (κ1) is 11.1. The van der Waals surface area contributed by atoms with Crippen molar-refractivity contribution in [3.05, 3.63) is 0 Å². The first-order valence-electron chi connectivity index (χ1n) is 6.59. The molecule has 0 aromatic rings. The van der Waals surface area contributed by atoms with Gasteiger partial charge in [-0.15, -0.1) is 0 Å². The SMILES string of the molecule is O=C(CC1CCNC1)C1CCCCCC1. The van der Waals surface area contributed by atoms with Crippen molar-refractivity contribution in [2.75, 3.05) is 13.1 Å². The standard InChI is InChI=1S/C13H23NO/c15-13(9-11-7-8-14-10-11)12-5-3-1-2-4-6-12/h11-12,14H,1-10H2. The Bertz CT molecular complexity index is 201. The molecule has 1 heterocycles. The van der Waals surface area contributed by atoms with Crippen LogP contribution < -0.4 is 5.32 Å². The van der Waals surface area contributed by atoms with Crippen LogP contribution in [-0.2, 0) is 4.79 Å². The predicted octanol–water partition coefficient (Wildman–Crippen LogP) is 2.53. The fourth-order valence-electron chi connectivity index (χ4n) is 2.94. The second-order valence-electron chi connectivity index (χ2n) is 5.22. The lowest BCUT2D eigenvalue weighted by atomic mass is 9.89. The molecule has 2 nitrogen and oxygen atoms in total. The summed E-state index contributed by atoms with van der Waals surface area (Å²) in [5.74, 6) is 1.61. The van der Waals surface area contributed by atoms with Crippen molar-refractivity contribution in [1.82, 2.24) is 5.32 Å². The van der Waals surface area contributed by atoms with Crippen molar-refractivity contribution in [3.63, 3.8) is 0 Å². The normalized spacial score (nSPS) is 28.9. The fraction of sp³-hybridized carbons (Fsp3) is 0.923. The van der Waals surface area contributed by atoms with E-state index in [-0.39, 0.29) is 0 Å². The van der Waals surface area contributed by atoms with Crippen LogP contribution in [0, 0.1) is 11.8 Å². The van der Waals surface area contributed by atoms with Crippen molar-refractivity contribution in [3.8, 4) is 0 Å². The first-order valence-corrected chi connectivity index (χ1v) is 6.59. The number of ketones is 1. The molecule has 0 bridgehead atoms. The second kappa shape index (κ2) is 5.64. The molecule has 2 rings (SSSR count). The van der Waals surface area contributed by atoms with Gasteiger partial charge in [-0.2, -0.15) is 0 Å². The summed E-state index contributed by atoms with van der Waals surface area (Å²) in [5.41, 5.74) is 0. The van der Waals surface area contributed by atoms with Gasteiger partial charge in [0.05, 0.1) is 0 Å². The monoisotopic (exact) mass is 209 g/mol. The Morgan fingerprint density at radius 2 is 1.80 bits per heavy atom. The zero-order valence-corrected chi connectivity index (χ0v) is 9.63. The third-order valence-electron chi connectivity index (χ3n) is 3.96. The average molecular weight is 209 g/mol. The largest absolute Gasteiger partial charge is 0.316 e. The maximum absolute atomic E-state index is 12.1. The van der Waals surface area contributed by atoms with Crippen LogP contribution in [0.3, 0.4) is 0 Å². The smallest absolute Gasteiger partial charge is 0.136 e. The van der Waals surface area contributed by atoms with Crippen molar-refractivity contribution in [2.24, 2.45) is 11.8 Å². The molecule has 0 radical (unpaired) electrons. The highest BCUT2D eigenvalue weighted by molar-refractivity contribution is 5.81. The van der Waals surface area contributed by atoms with Crippen molar-refractivity contribution in [2.45, 2.75) is 51.4 Å². The van der Waals surface area contributed by atoms with E-state index in [4.69, 9.17) is 0 Å². The van der Waals surface area contributed by atoms with Gasteiger partial charge in [0.2, 0.25) is 0 Å². The van der Waals surface area contributed by atoms with Crippen molar-refractivity contribution >= 4 is 5.78 Å². The van der Waals surface area contributed by atoms with Gasteiger partial charge in [0.1, 0.15) is 5.78 Å². The molecule has 1 saturated heterocycles. The Kier molecular flexibility index (Phi) is 4.18. The summed E-state index contributed by atoms with van der Waals surface area (Å²) in [7, 11) is 0. The lowest BCUT2D eigenvalue weighted by Gasteiger charge is -2.15. The Morgan fingerprint density at radius 3 is 2.40 bits per heavy atom. The number of hydrogen-bond donors (Lipinski definition) is 1. The van der Waals surface area contributed by atoms with Crippen molar-refractivity contribution < 1.29 is 4.79 Å². The molecule has 2 aliphatic rings. The maximum Gasteiger partial charge on any atom is 0.136 e. The van der Waals surface area contributed by atoms with Gasteiger partial charge < -0.3 is 5.32 Å². The summed E-state index contributed by atoms with van der Waals surface area (Å²) in [5, 5.41) is 3.34. The number of carbonyl (C=O) groups excluding carboxylic acids is 1. The Labute approximate surface area is 92.8 Å². The van der Waals surface area contributed by atoms with E-state index < -0.39 is 0 Å². The van der Waals surface area contributed by atoms with Crippen LogP contribution in [0.1, 0.15) is 51.4 Å². The Balaban J connectivity index is 1.77. The third-order valence-corrected chi connectivity index (χ3v) is 3.96. The van der Waals surface area contributed by atoms with Gasteiger partial charge >= 0.3 is 0 Å². The molecule has 0 spiro atoms. The molecular formula is C13H23NO. The molecule has 86 valence electrons. The number of carbonyl (C=O) groups is 1. The number of Topliss-reactive ketones (excluding diaryl/α,β-unsaturated/α-hetero) is 1. The lowest BCUT2D eigenvalue weighted by Crippen LogP contribution is -2.19. The fourth-order valence-corrected chi connectivity index (χ4v) is 2.94. The minimum Gasteiger partial charge on any atom is -0.316 e. The molecule has 0 amide bonds. The molecule has 2 fully saturated rings. The molecule has 0 aromatic carbocycles. The third kappa shape index (κ3) is 3.30. The summed E-state index contributed by atoms with van der Waals surface area (Å²) in [6.07, 6.45) is 9.62. The highest BCUT2D eigenvalue weighted by atomic mass is 16.1. The van der Waals surface area contributed by atoms with Gasteiger partial charge in [-0.1, -0.05) is 25.7 Å². The highest BCUT2D eigenvalue weighted by Crippen LogP contribution is 2.26. The minimum absolute atomic E-state index is 0.410. The number of rotatable bonds is 3. The van der Waals surface area contributed by atoms with Gasteiger partial charge in [-0.05, 0) is 38.3 Å². The van der Waals surface area contributed by atoms with E-state index in [1.165, 1.54) is 44.9 Å². The van der Waals surface area contributed by atoms with Crippen LogP contribution in [0.25, 0.3) is 0 Å². The summed E-state index contributed by atoms with van der Waals surface area (Å²) >= 11 is 0. The van der Waals surface area contributed by atoms with Gasteiger partial charge in [-0.25, -0.2) is 0 Å². The van der Waals surface area contributed by atoms with Crippen molar-refractivity contribution in [1.29, 1.82) is 0 Å². The van der Waals surface area contributed by atoms with E-state index in [0.717, 1.165) is 19.5 Å². The van der Waals surface area contributed by atoms with Gasteiger partial charge in [0, 0.05) is 12.3 Å². The Hall–Kier alpha value is -0.370. The number of nitrogens with one attached hydrogen (secondary N) is 1. The summed E-state index contributed by atoms with van der Waals surface area (Å²) in [6, 6.07) is 0. The average Bonchev–Trinajstić information content (AvgIpc) is 2.58. The van der Waals surface area contributed by atoms with E-state index in [9.17, 15) is 4.79 Å². The predicted molar refractivity (Wildman–Crippen MR) is 61.8 cm³/mol. The molecule has 2 heteroatoms. The van der Waals surface area contributed by atoms with Crippen LogP contribution in [0.15, 0.2) is 0 Å². The molecule has 1 aliphatic heterocycles. The molecule has 1 N–H and O–H groups in total. The maximum atomic E-state index is 12.1. The molecular weight excluding hydrogens is 186 g/mol. The second-order valence-corrected chi connectivity index (χ2v) is 5.22. The zero-order valence-electron chi connectivity index (χ0n) is 9.63. The van der Waals surface area contributed by atoms with E-state index in [2.05, 4.69) is 5.32 Å². The molecule has 1 atom stereocenters. The molecule has 0 aromatic heterocycles. The van der Waals surface area contributed by atoms with E-state index in [1.807, 2.05) is 0 Å². The topological polar surface area (TPSA) is 29.1 Å². The van der Waals surface area contributed by atoms with Gasteiger partial charge in [0.25, 0.3) is 0 Å². The minimum atomic E-state index is 0.410. The molecule has 1 saturated carbocycles. The van der Waals surface area contributed by atoms with Gasteiger partial charge in [0.15, 0.2) is 0 Å². The number of hydrogen-bond acceptors (Lipinski definition) is 2. The highest BCUT2D eigenvalue weighted by Gasteiger charge is 2.24. The van der Waals surface area contributed by atoms with E-state index in [0.29, 0.717) is 17.6 Å². The summed E-state index contributed by atoms with van der Waals surface area (Å²) < 4.78 is 0. The summed E-state index contributed by atoms with van der Waals surface area (Å²) in [6.45, 7) is 2.18. The van der Waals surface area contributed by atoms with Crippen LogP contribution in [0.5, 0.6) is 0 Å². The van der Waals surface area contributed by atoms with Crippen LogP contribution >= 0.6 is 0 Å². The van der Waals surface area contributed by atoms with Crippen LogP contribution in [0.2, 0.25) is 0 Å². The first-order chi connectivity index (χ1) is 7.36. The lowest BCUT2D eigenvalue weighted by molar-refractivity contribution is -0.124. The van der Waals surface area contributed by atoms with E-state index >= 15 is 0 Å². The molecule has 1 unspecified atom stereocenters. The van der Waals surface area contributed by atoms with E-state index in [1.54, 1.807) is 0 Å².